The minimum atomic E-state index is -0.901. The van der Waals surface area contributed by atoms with Crippen molar-refractivity contribution < 1.29 is 18.8 Å². The van der Waals surface area contributed by atoms with Crippen LogP contribution in [0.3, 0.4) is 0 Å². The maximum Gasteiger partial charge on any atom is 0.334 e. The van der Waals surface area contributed by atoms with E-state index in [-0.39, 0.29) is 19.5 Å². The summed E-state index contributed by atoms with van der Waals surface area (Å²) in [5.74, 6) is -1.39. The summed E-state index contributed by atoms with van der Waals surface area (Å²) in [5, 5.41) is 8.43. The van der Waals surface area contributed by atoms with E-state index < -0.39 is 17.8 Å². The standard InChI is InChI=1S/C11H9N3O4/c12-4-2-5-13-9(15)10(16)14(11(13)17)7-8-3-1-6-18-8/h1,3,6H,2,5,7H2. The molecule has 7 nitrogen and oxygen atoms in total. The number of nitrogens with zero attached hydrogens (tertiary/aromatic N) is 3. The zero-order valence-corrected chi connectivity index (χ0v) is 9.33. The van der Waals surface area contributed by atoms with Gasteiger partial charge in [-0.1, -0.05) is 0 Å². The van der Waals surface area contributed by atoms with E-state index in [2.05, 4.69) is 0 Å². The number of hydrogen-bond donors (Lipinski definition) is 0. The summed E-state index contributed by atoms with van der Waals surface area (Å²) < 4.78 is 5.02. The molecule has 0 N–H and O–H groups in total. The molecule has 1 aromatic rings. The minimum absolute atomic E-state index is 0.000643. The molecule has 0 atom stereocenters. The molecule has 0 saturated carbocycles. The van der Waals surface area contributed by atoms with Crippen molar-refractivity contribution in [2.24, 2.45) is 0 Å². The lowest BCUT2D eigenvalue weighted by Gasteiger charge is -2.12. The molecule has 0 spiro atoms. The number of amides is 4. The van der Waals surface area contributed by atoms with Crippen molar-refractivity contribution in [2.45, 2.75) is 13.0 Å². The van der Waals surface area contributed by atoms with Gasteiger partial charge in [-0.15, -0.1) is 0 Å². The van der Waals surface area contributed by atoms with Crippen LogP contribution in [0.1, 0.15) is 12.2 Å². The van der Waals surface area contributed by atoms with Gasteiger partial charge >= 0.3 is 17.8 Å². The number of carbonyl (C=O) groups is 3. The highest BCUT2D eigenvalue weighted by Gasteiger charge is 2.44. The molecule has 1 aliphatic rings. The Hall–Kier alpha value is -2.62. The van der Waals surface area contributed by atoms with Gasteiger partial charge in [0.2, 0.25) is 0 Å². The molecule has 1 aliphatic heterocycles. The molecule has 1 fully saturated rings. The lowest BCUT2D eigenvalue weighted by atomic mass is 10.4. The zero-order valence-electron chi connectivity index (χ0n) is 9.33. The van der Waals surface area contributed by atoms with Gasteiger partial charge in [0.05, 0.1) is 25.3 Å². The third kappa shape index (κ3) is 1.96. The number of imide groups is 2. The summed E-state index contributed by atoms with van der Waals surface area (Å²) in [5.41, 5.74) is 0. The molecular weight excluding hydrogens is 238 g/mol. The molecule has 18 heavy (non-hydrogen) atoms. The Morgan fingerprint density at radius 1 is 1.22 bits per heavy atom. The van der Waals surface area contributed by atoms with E-state index in [1.807, 2.05) is 6.07 Å². The second-order valence-electron chi connectivity index (χ2n) is 3.62. The average molecular weight is 247 g/mol. The first-order chi connectivity index (χ1) is 8.65. The van der Waals surface area contributed by atoms with Crippen molar-refractivity contribution in [1.29, 1.82) is 5.26 Å². The van der Waals surface area contributed by atoms with Crippen LogP contribution in [0.2, 0.25) is 0 Å². The lowest BCUT2D eigenvalue weighted by Crippen LogP contribution is -2.33. The predicted octanol–water partition coefficient (Wildman–Crippen LogP) is 0.484. The van der Waals surface area contributed by atoms with E-state index in [9.17, 15) is 14.4 Å². The van der Waals surface area contributed by atoms with Crippen LogP contribution in [0.25, 0.3) is 0 Å². The number of nitriles is 1. The van der Waals surface area contributed by atoms with Gasteiger partial charge in [-0.2, -0.15) is 5.26 Å². The Morgan fingerprint density at radius 3 is 2.56 bits per heavy atom. The third-order valence-corrected chi connectivity index (χ3v) is 2.48. The van der Waals surface area contributed by atoms with Gasteiger partial charge < -0.3 is 4.42 Å². The first-order valence-electron chi connectivity index (χ1n) is 5.22. The average Bonchev–Trinajstić information content (AvgIpc) is 2.93. The maximum atomic E-state index is 11.8. The summed E-state index contributed by atoms with van der Waals surface area (Å²) in [6.45, 7) is -0.159. The molecule has 0 bridgehead atoms. The summed E-state index contributed by atoms with van der Waals surface area (Å²) in [7, 11) is 0. The molecule has 1 saturated heterocycles. The van der Waals surface area contributed by atoms with E-state index in [0.29, 0.717) is 5.76 Å². The van der Waals surface area contributed by atoms with Crippen LogP contribution in [-0.4, -0.2) is 34.2 Å². The SMILES string of the molecule is N#CCCN1C(=O)C(=O)N(Cc2ccco2)C1=O. The summed E-state index contributed by atoms with van der Waals surface area (Å²) in [6, 6.07) is 4.33. The number of hydrogen-bond acceptors (Lipinski definition) is 5. The lowest BCUT2D eigenvalue weighted by molar-refractivity contribution is -0.143. The van der Waals surface area contributed by atoms with Crippen LogP contribution in [0, 0.1) is 11.3 Å². The van der Waals surface area contributed by atoms with E-state index in [1.54, 1.807) is 12.1 Å². The van der Waals surface area contributed by atoms with Gasteiger partial charge in [0.15, 0.2) is 0 Å². The second kappa shape index (κ2) is 4.71. The van der Waals surface area contributed by atoms with Gasteiger partial charge in [-0.3, -0.25) is 14.5 Å². The fourth-order valence-corrected chi connectivity index (χ4v) is 1.61. The van der Waals surface area contributed by atoms with E-state index in [0.717, 1.165) is 9.80 Å². The Kier molecular flexibility index (Phi) is 3.10. The van der Waals surface area contributed by atoms with E-state index >= 15 is 0 Å². The topological polar surface area (TPSA) is 94.6 Å². The molecule has 7 heteroatoms. The first kappa shape index (κ1) is 11.9. The van der Waals surface area contributed by atoms with Gasteiger partial charge in [0, 0.05) is 6.54 Å². The van der Waals surface area contributed by atoms with Gasteiger partial charge in [-0.25, -0.2) is 9.69 Å². The van der Waals surface area contributed by atoms with Gasteiger partial charge in [0.25, 0.3) is 0 Å². The molecular formula is C11H9N3O4. The van der Waals surface area contributed by atoms with Crippen LogP contribution >= 0.6 is 0 Å². The second-order valence-corrected chi connectivity index (χ2v) is 3.62. The molecule has 0 aromatic carbocycles. The monoisotopic (exact) mass is 247 g/mol. The molecule has 92 valence electrons. The summed E-state index contributed by atoms with van der Waals surface area (Å²) in [6.07, 6.45) is 1.41. The Bertz CT molecular complexity index is 529. The number of rotatable bonds is 4. The van der Waals surface area contributed by atoms with Gasteiger partial charge in [-0.05, 0) is 12.1 Å². The van der Waals surface area contributed by atoms with Crippen LogP contribution in [0.4, 0.5) is 4.79 Å². The molecule has 0 aliphatic carbocycles. The van der Waals surface area contributed by atoms with Crippen LogP contribution in [0.5, 0.6) is 0 Å². The highest BCUT2D eigenvalue weighted by atomic mass is 16.3. The Labute approximate surface area is 102 Å². The summed E-state index contributed by atoms with van der Waals surface area (Å²) >= 11 is 0. The van der Waals surface area contributed by atoms with E-state index in [4.69, 9.17) is 9.68 Å². The largest absolute Gasteiger partial charge is 0.467 e. The van der Waals surface area contributed by atoms with Crippen molar-refractivity contribution >= 4 is 17.8 Å². The molecule has 0 radical (unpaired) electrons. The van der Waals surface area contributed by atoms with Crippen LogP contribution < -0.4 is 0 Å². The minimum Gasteiger partial charge on any atom is -0.467 e. The zero-order chi connectivity index (χ0) is 13.1. The molecule has 1 aromatic heterocycles. The van der Waals surface area contributed by atoms with Crippen molar-refractivity contribution in [3.05, 3.63) is 24.2 Å². The molecule has 2 heterocycles. The van der Waals surface area contributed by atoms with E-state index in [1.165, 1.54) is 6.26 Å². The van der Waals surface area contributed by atoms with Crippen molar-refractivity contribution in [1.82, 2.24) is 9.80 Å². The molecule has 2 rings (SSSR count). The fourth-order valence-electron chi connectivity index (χ4n) is 1.61. The molecule has 0 unspecified atom stereocenters. The van der Waals surface area contributed by atoms with Crippen molar-refractivity contribution in [3.63, 3.8) is 0 Å². The molecule has 4 amide bonds. The van der Waals surface area contributed by atoms with Crippen LogP contribution in [0.15, 0.2) is 22.8 Å². The first-order valence-corrected chi connectivity index (χ1v) is 5.22. The van der Waals surface area contributed by atoms with Crippen molar-refractivity contribution in [3.8, 4) is 6.07 Å². The highest BCUT2D eigenvalue weighted by molar-refractivity contribution is 6.44. The van der Waals surface area contributed by atoms with Gasteiger partial charge in [0.1, 0.15) is 5.76 Å². The normalized spacial score (nSPS) is 15.4. The number of urea groups is 1. The maximum absolute atomic E-state index is 11.8. The quantitative estimate of drug-likeness (QED) is 0.569. The fraction of sp³-hybridized carbons (Fsp3) is 0.273. The Balaban J connectivity index is 2.13. The Morgan fingerprint density at radius 2 is 1.94 bits per heavy atom. The third-order valence-electron chi connectivity index (χ3n) is 2.48. The number of carbonyl (C=O) groups excluding carboxylic acids is 3. The predicted molar refractivity (Wildman–Crippen MR) is 56.6 cm³/mol. The summed E-state index contributed by atoms with van der Waals surface area (Å²) in [4.78, 5) is 36.5. The number of furan rings is 1. The van der Waals surface area contributed by atoms with Crippen molar-refractivity contribution in [2.75, 3.05) is 6.54 Å². The highest BCUT2D eigenvalue weighted by Crippen LogP contribution is 2.16. The van der Waals surface area contributed by atoms with Crippen LogP contribution in [-0.2, 0) is 16.1 Å². The smallest absolute Gasteiger partial charge is 0.334 e.